The number of ether oxygens (including phenoxy) is 1. The third-order valence-corrected chi connectivity index (χ3v) is 1.50. The Labute approximate surface area is 59.7 Å². The first-order valence-corrected chi connectivity index (χ1v) is 3.42. The molecule has 58 valence electrons. The average Bonchev–Trinajstić information content (AvgIpc) is 2.12. The fourth-order valence-electron chi connectivity index (χ4n) is 0.939. The zero-order valence-electron chi connectivity index (χ0n) is 5.80. The van der Waals surface area contributed by atoms with E-state index in [1.165, 1.54) is 0 Å². The summed E-state index contributed by atoms with van der Waals surface area (Å²) in [5.41, 5.74) is 5.04. The van der Waals surface area contributed by atoms with Gasteiger partial charge in [0.15, 0.2) is 0 Å². The minimum Gasteiger partial charge on any atom is -0.367 e. The molecule has 1 unspecified atom stereocenters. The third-order valence-electron chi connectivity index (χ3n) is 1.50. The molecule has 1 amide bonds. The van der Waals surface area contributed by atoms with Crippen molar-refractivity contribution in [3.63, 3.8) is 0 Å². The first-order chi connectivity index (χ1) is 4.80. The van der Waals surface area contributed by atoms with Gasteiger partial charge in [-0.2, -0.15) is 0 Å². The maximum absolute atomic E-state index is 10.6. The van der Waals surface area contributed by atoms with Gasteiger partial charge in [-0.1, -0.05) is 0 Å². The van der Waals surface area contributed by atoms with Crippen molar-refractivity contribution in [1.29, 1.82) is 0 Å². The van der Waals surface area contributed by atoms with Crippen LogP contribution in [0.15, 0.2) is 0 Å². The number of hydrogen-bond donors (Lipinski definition) is 2. The Kier molecular flexibility index (Phi) is 2.65. The summed E-state index contributed by atoms with van der Waals surface area (Å²) in [5.74, 6) is -0.358. The van der Waals surface area contributed by atoms with Crippen molar-refractivity contribution in [1.82, 2.24) is 5.32 Å². The molecule has 1 fully saturated rings. The Bertz CT molecular complexity index is 119. The number of hydrogen-bond acceptors (Lipinski definition) is 3. The van der Waals surface area contributed by atoms with Crippen LogP contribution in [0.1, 0.15) is 6.42 Å². The normalized spacial score (nSPS) is 27.4. The Morgan fingerprint density at radius 2 is 2.40 bits per heavy atom. The van der Waals surface area contributed by atoms with Gasteiger partial charge in [-0.25, -0.2) is 0 Å². The summed E-state index contributed by atoms with van der Waals surface area (Å²) in [6.07, 6.45) is 0.310. The van der Waals surface area contributed by atoms with E-state index in [0.29, 0.717) is 13.0 Å². The molecule has 1 aliphatic heterocycles. The van der Waals surface area contributed by atoms with E-state index in [9.17, 15) is 4.79 Å². The fraction of sp³-hybridized carbons (Fsp3) is 0.833. The van der Waals surface area contributed by atoms with Gasteiger partial charge in [-0.05, 0) is 13.0 Å². The van der Waals surface area contributed by atoms with Gasteiger partial charge >= 0.3 is 0 Å². The zero-order valence-corrected chi connectivity index (χ0v) is 5.80. The first-order valence-electron chi connectivity index (χ1n) is 3.42. The van der Waals surface area contributed by atoms with Crippen molar-refractivity contribution in [3.05, 3.63) is 0 Å². The topological polar surface area (TPSA) is 64.4 Å². The number of rotatable bonds is 1. The van der Waals surface area contributed by atoms with Crippen LogP contribution in [0.3, 0.4) is 0 Å². The molecule has 1 saturated heterocycles. The predicted molar refractivity (Wildman–Crippen MR) is 36.4 cm³/mol. The van der Waals surface area contributed by atoms with E-state index in [0.717, 1.165) is 13.1 Å². The summed E-state index contributed by atoms with van der Waals surface area (Å²) in [6, 6.07) is 0. The van der Waals surface area contributed by atoms with E-state index in [1.54, 1.807) is 0 Å². The van der Waals surface area contributed by atoms with Gasteiger partial charge in [-0.3, -0.25) is 4.79 Å². The molecule has 0 bridgehead atoms. The Morgan fingerprint density at radius 3 is 3.10 bits per heavy atom. The Morgan fingerprint density at radius 1 is 1.60 bits per heavy atom. The van der Waals surface area contributed by atoms with Crippen LogP contribution in [0.4, 0.5) is 0 Å². The van der Waals surface area contributed by atoms with E-state index >= 15 is 0 Å². The Hall–Kier alpha value is -0.610. The van der Waals surface area contributed by atoms with Crippen LogP contribution in [0.5, 0.6) is 0 Å². The highest BCUT2D eigenvalue weighted by Gasteiger charge is 2.16. The zero-order chi connectivity index (χ0) is 7.40. The molecule has 4 heteroatoms. The van der Waals surface area contributed by atoms with Crippen LogP contribution in [0, 0.1) is 0 Å². The third kappa shape index (κ3) is 1.97. The molecule has 4 nitrogen and oxygen atoms in total. The van der Waals surface area contributed by atoms with E-state index in [-0.39, 0.29) is 12.0 Å². The van der Waals surface area contributed by atoms with Gasteiger partial charge in [0.05, 0.1) is 6.61 Å². The summed E-state index contributed by atoms with van der Waals surface area (Å²) < 4.78 is 5.13. The van der Waals surface area contributed by atoms with Gasteiger partial charge in [0.25, 0.3) is 0 Å². The van der Waals surface area contributed by atoms with Gasteiger partial charge in [0.1, 0.15) is 6.10 Å². The van der Waals surface area contributed by atoms with Crippen molar-refractivity contribution < 1.29 is 9.53 Å². The monoisotopic (exact) mass is 144 g/mol. The number of nitrogens with one attached hydrogen (secondary N) is 1. The molecule has 3 N–H and O–H groups in total. The van der Waals surface area contributed by atoms with Crippen LogP contribution in [0.25, 0.3) is 0 Å². The lowest BCUT2D eigenvalue weighted by molar-refractivity contribution is -0.129. The second kappa shape index (κ2) is 3.53. The Balaban J connectivity index is 2.35. The minimum atomic E-state index is -0.380. The van der Waals surface area contributed by atoms with Crippen molar-refractivity contribution >= 4 is 5.91 Å². The highest BCUT2D eigenvalue weighted by Crippen LogP contribution is 1.98. The lowest BCUT2D eigenvalue weighted by Crippen LogP contribution is -2.31. The maximum atomic E-state index is 10.6. The molecule has 0 aromatic carbocycles. The minimum absolute atomic E-state index is 0.358. The molecule has 0 aliphatic carbocycles. The molecule has 0 aromatic rings. The molecular formula is C6H12N2O2. The smallest absolute Gasteiger partial charge is 0.246 e. The second-order valence-corrected chi connectivity index (χ2v) is 2.30. The lowest BCUT2D eigenvalue weighted by atomic mass is 10.2. The molecule has 1 heterocycles. The van der Waals surface area contributed by atoms with E-state index in [2.05, 4.69) is 5.32 Å². The molecule has 0 spiro atoms. The first kappa shape index (κ1) is 7.50. The molecule has 1 rings (SSSR count). The number of amides is 1. The van der Waals surface area contributed by atoms with Gasteiger partial charge in [0, 0.05) is 6.54 Å². The van der Waals surface area contributed by atoms with Crippen molar-refractivity contribution in [3.8, 4) is 0 Å². The molecule has 1 atom stereocenters. The number of carbonyl (C=O) groups is 1. The molecule has 0 radical (unpaired) electrons. The summed E-state index contributed by atoms with van der Waals surface area (Å²) >= 11 is 0. The fourth-order valence-corrected chi connectivity index (χ4v) is 0.939. The highest BCUT2D eigenvalue weighted by atomic mass is 16.5. The molecule has 0 saturated carbocycles. The van der Waals surface area contributed by atoms with E-state index < -0.39 is 0 Å². The van der Waals surface area contributed by atoms with Crippen molar-refractivity contribution in [2.75, 3.05) is 19.7 Å². The van der Waals surface area contributed by atoms with Crippen LogP contribution in [0.2, 0.25) is 0 Å². The number of carbonyl (C=O) groups excluding carboxylic acids is 1. The largest absolute Gasteiger partial charge is 0.367 e. The number of nitrogens with two attached hydrogens (primary N) is 1. The van der Waals surface area contributed by atoms with Gasteiger partial charge < -0.3 is 15.8 Å². The summed E-state index contributed by atoms with van der Waals surface area (Å²) in [5, 5.41) is 3.10. The quantitative estimate of drug-likeness (QED) is 0.488. The summed E-state index contributed by atoms with van der Waals surface area (Å²) in [4.78, 5) is 10.6. The molecule has 0 aromatic heterocycles. The molecular weight excluding hydrogens is 132 g/mol. The van der Waals surface area contributed by atoms with Crippen LogP contribution in [-0.4, -0.2) is 31.7 Å². The summed E-state index contributed by atoms with van der Waals surface area (Å²) in [6.45, 7) is 2.20. The predicted octanol–water partition coefficient (Wildman–Crippen LogP) is -1.15. The van der Waals surface area contributed by atoms with Crippen molar-refractivity contribution in [2.45, 2.75) is 12.5 Å². The van der Waals surface area contributed by atoms with Gasteiger partial charge in [-0.15, -0.1) is 0 Å². The van der Waals surface area contributed by atoms with Crippen LogP contribution >= 0.6 is 0 Å². The standard InChI is InChI=1S/C6H12N2O2/c7-6(9)5-1-2-8-3-4-10-5/h5,8H,1-4H2,(H2,7,9). The van der Waals surface area contributed by atoms with Crippen LogP contribution < -0.4 is 11.1 Å². The average molecular weight is 144 g/mol. The molecule has 1 aliphatic rings. The SMILES string of the molecule is NC(=O)C1CCNCCO1. The number of primary amides is 1. The van der Waals surface area contributed by atoms with E-state index in [1.807, 2.05) is 0 Å². The van der Waals surface area contributed by atoms with E-state index in [4.69, 9.17) is 10.5 Å². The van der Waals surface area contributed by atoms with Crippen molar-refractivity contribution in [2.24, 2.45) is 5.73 Å². The second-order valence-electron chi connectivity index (χ2n) is 2.30. The van der Waals surface area contributed by atoms with Crippen LogP contribution in [-0.2, 0) is 9.53 Å². The molecule has 10 heavy (non-hydrogen) atoms. The summed E-state index contributed by atoms with van der Waals surface area (Å²) in [7, 11) is 0. The lowest BCUT2D eigenvalue weighted by Gasteiger charge is -2.08. The van der Waals surface area contributed by atoms with Gasteiger partial charge in [0.2, 0.25) is 5.91 Å². The highest BCUT2D eigenvalue weighted by molar-refractivity contribution is 5.78. The maximum Gasteiger partial charge on any atom is 0.246 e.